The number of aliphatic imine (C=N–C) groups is 1. The standard InChI is InChI=1S/C19H27ClF3N5O2/c1-24-18(25-13-17(29)26(2)14-19(21,22)23)28-9-7-27(8-10-28)11-12-30-16-5-3-15(20)4-6-16/h3-6H,7-14H2,1-2H3,(H,24,25). The topological polar surface area (TPSA) is 60.4 Å². The molecule has 1 fully saturated rings. The monoisotopic (exact) mass is 449 g/mol. The Hall–Kier alpha value is -2.20. The van der Waals surface area contributed by atoms with Gasteiger partial charge >= 0.3 is 6.18 Å². The van der Waals surface area contributed by atoms with Gasteiger partial charge in [0.25, 0.3) is 0 Å². The highest BCUT2D eigenvalue weighted by molar-refractivity contribution is 6.30. The summed E-state index contributed by atoms with van der Waals surface area (Å²) in [5, 5.41) is 3.51. The lowest BCUT2D eigenvalue weighted by atomic mass is 10.3. The zero-order valence-electron chi connectivity index (χ0n) is 17.1. The van der Waals surface area contributed by atoms with Gasteiger partial charge in [0.1, 0.15) is 18.9 Å². The van der Waals surface area contributed by atoms with Gasteiger partial charge in [0.2, 0.25) is 5.91 Å². The van der Waals surface area contributed by atoms with Gasteiger partial charge in [-0.3, -0.25) is 14.7 Å². The van der Waals surface area contributed by atoms with Crippen LogP contribution in [0, 0.1) is 0 Å². The predicted octanol–water partition coefficient (Wildman–Crippen LogP) is 1.93. The number of halogens is 4. The molecule has 30 heavy (non-hydrogen) atoms. The summed E-state index contributed by atoms with van der Waals surface area (Å²) in [6.07, 6.45) is -4.42. The molecule has 0 atom stereocenters. The number of likely N-dealkylation sites (N-methyl/N-ethyl adjacent to an activating group) is 1. The van der Waals surface area contributed by atoms with Crippen molar-refractivity contribution in [1.29, 1.82) is 0 Å². The molecule has 0 saturated carbocycles. The molecule has 1 aliphatic rings. The number of nitrogens with one attached hydrogen (secondary N) is 1. The Morgan fingerprint density at radius 1 is 1.23 bits per heavy atom. The summed E-state index contributed by atoms with van der Waals surface area (Å²) in [5.74, 6) is 0.620. The van der Waals surface area contributed by atoms with Crippen LogP contribution in [0.2, 0.25) is 5.02 Å². The molecule has 0 radical (unpaired) electrons. The van der Waals surface area contributed by atoms with Crippen molar-refractivity contribution in [3.8, 4) is 5.75 Å². The molecule has 1 aliphatic heterocycles. The number of hydrogen-bond acceptors (Lipinski definition) is 4. The summed E-state index contributed by atoms with van der Waals surface area (Å²) < 4.78 is 42.9. The molecule has 1 amide bonds. The van der Waals surface area contributed by atoms with E-state index in [0.717, 1.165) is 32.4 Å². The van der Waals surface area contributed by atoms with Crippen molar-refractivity contribution in [1.82, 2.24) is 20.0 Å². The Bertz CT molecular complexity index is 707. The highest BCUT2D eigenvalue weighted by Gasteiger charge is 2.31. The second kappa shape index (κ2) is 11.3. The second-order valence-electron chi connectivity index (χ2n) is 6.90. The summed E-state index contributed by atoms with van der Waals surface area (Å²) in [6.45, 7) is 2.74. The molecule has 1 aromatic rings. The molecule has 1 N–H and O–H groups in total. The fourth-order valence-corrected chi connectivity index (χ4v) is 3.11. The molecule has 168 valence electrons. The molecular weight excluding hydrogens is 423 g/mol. The normalized spacial score (nSPS) is 15.8. The van der Waals surface area contributed by atoms with Crippen molar-refractivity contribution in [2.75, 3.05) is 66.5 Å². The molecule has 1 heterocycles. The third-order valence-corrected chi connectivity index (χ3v) is 4.87. The maximum atomic E-state index is 12.4. The number of amides is 1. The van der Waals surface area contributed by atoms with Gasteiger partial charge in [-0.1, -0.05) is 11.6 Å². The Labute approximate surface area is 179 Å². The number of guanidine groups is 1. The summed E-state index contributed by atoms with van der Waals surface area (Å²) >= 11 is 5.85. The SMILES string of the molecule is CN=C(NCC(=O)N(C)CC(F)(F)F)N1CCN(CCOc2ccc(Cl)cc2)CC1. The first-order chi connectivity index (χ1) is 14.2. The second-order valence-corrected chi connectivity index (χ2v) is 7.33. The molecule has 1 saturated heterocycles. The number of alkyl halides is 3. The van der Waals surface area contributed by atoms with E-state index in [9.17, 15) is 18.0 Å². The van der Waals surface area contributed by atoms with Gasteiger partial charge in [-0.2, -0.15) is 13.2 Å². The van der Waals surface area contributed by atoms with E-state index in [-0.39, 0.29) is 6.54 Å². The third-order valence-electron chi connectivity index (χ3n) is 4.61. The fraction of sp³-hybridized carbons (Fsp3) is 0.579. The highest BCUT2D eigenvalue weighted by atomic mass is 35.5. The first-order valence-corrected chi connectivity index (χ1v) is 9.93. The van der Waals surface area contributed by atoms with Crippen LogP contribution < -0.4 is 10.1 Å². The van der Waals surface area contributed by atoms with Crippen LogP contribution in [0.1, 0.15) is 0 Å². The van der Waals surface area contributed by atoms with Crippen molar-refractivity contribution >= 4 is 23.5 Å². The van der Waals surface area contributed by atoms with Crippen LogP contribution in [0.5, 0.6) is 5.75 Å². The predicted molar refractivity (Wildman–Crippen MR) is 110 cm³/mol. The Morgan fingerprint density at radius 2 is 1.87 bits per heavy atom. The number of piperazine rings is 1. The van der Waals surface area contributed by atoms with Crippen LogP contribution in [0.3, 0.4) is 0 Å². The molecule has 0 unspecified atom stereocenters. The number of carbonyl (C=O) groups excluding carboxylic acids is 1. The van der Waals surface area contributed by atoms with E-state index in [1.807, 2.05) is 17.0 Å². The molecule has 11 heteroatoms. The summed E-state index contributed by atoms with van der Waals surface area (Å²) in [7, 11) is 2.71. The average molecular weight is 450 g/mol. The minimum atomic E-state index is -4.42. The zero-order chi connectivity index (χ0) is 22.1. The molecule has 0 bridgehead atoms. The van der Waals surface area contributed by atoms with Crippen molar-refractivity contribution in [2.45, 2.75) is 6.18 Å². The summed E-state index contributed by atoms with van der Waals surface area (Å²) in [4.78, 5) is 20.9. The van der Waals surface area contributed by atoms with Gasteiger partial charge in [-0.05, 0) is 24.3 Å². The van der Waals surface area contributed by atoms with E-state index >= 15 is 0 Å². The number of ether oxygens (including phenoxy) is 1. The number of hydrogen-bond donors (Lipinski definition) is 1. The van der Waals surface area contributed by atoms with Gasteiger partial charge in [0.15, 0.2) is 5.96 Å². The Kier molecular flexibility index (Phi) is 9.04. The van der Waals surface area contributed by atoms with Crippen LogP contribution in [0.4, 0.5) is 13.2 Å². The number of nitrogens with zero attached hydrogens (tertiary/aromatic N) is 4. The van der Waals surface area contributed by atoms with Crippen molar-refractivity contribution < 1.29 is 22.7 Å². The molecule has 0 spiro atoms. The van der Waals surface area contributed by atoms with Crippen molar-refractivity contribution in [2.24, 2.45) is 4.99 Å². The van der Waals surface area contributed by atoms with Gasteiger partial charge in [-0.15, -0.1) is 0 Å². The van der Waals surface area contributed by atoms with Crippen molar-refractivity contribution in [3.63, 3.8) is 0 Å². The largest absolute Gasteiger partial charge is 0.492 e. The molecule has 7 nitrogen and oxygen atoms in total. The fourth-order valence-electron chi connectivity index (χ4n) is 2.99. The molecule has 1 aromatic carbocycles. The molecule has 2 rings (SSSR count). The third kappa shape index (κ3) is 8.27. The number of benzene rings is 1. The average Bonchev–Trinajstić information content (AvgIpc) is 2.69. The van der Waals surface area contributed by atoms with E-state index in [1.54, 1.807) is 19.2 Å². The van der Waals surface area contributed by atoms with Crippen LogP contribution in [-0.4, -0.2) is 99.3 Å². The zero-order valence-corrected chi connectivity index (χ0v) is 17.8. The maximum Gasteiger partial charge on any atom is 0.406 e. The quantitative estimate of drug-likeness (QED) is 0.509. The lowest BCUT2D eigenvalue weighted by Crippen LogP contribution is -2.54. The van der Waals surface area contributed by atoms with Gasteiger partial charge in [0, 0.05) is 51.8 Å². The molecule has 0 aliphatic carbocycles. The van der Waals surface area contributed by atoms with Gasteiger partial charge in [-0.25, -0.2) is 0 Å². The van der Waals surface area contributed by atoms with E-state index in [4.69, 9.17) is 16.3 Å². The summed E-state index contributed by atoms with van der Waals surface area (Å²) in [6, 6.07) is 7.20. The molecular formula is C19H27ClF3N5O2. The van der Waals surface area contributed by atoms with Crippen LogP contribution in [0.25, 0.3) is 0 Å². The van der Waals surface area contributed by atoms with E-state index in [2.05, 4.69) is 15.2 Å². The van der Waals surface area contributed by atoms with E-state index < -0.39 is 18.6 Å². The van der Waals surface area contributed by atoms with Gasteiger partial charge < -0.3 is 19.9 Å². The van der Waals surface area contributed by atoms with Crippen LogP contribution in [-0.2, 0) is 4.79 Å². The number of rotatable bonds is 7. The number of carbonyl (C=O) groups is 1. The first kappa shape index (κ1) is 24.1. The van der Waals surface area contributed by atoms with Crippen LogP contribution in [0.15, 0.2) is 29.3 Å². The summed E-state index contributed by atoms with van der Waals surface area (Å²) in [5.41, 5.74) is 0. The first-order valence-electron chi connectivity index (χ1n) is 9.55. The van der Waals surface area contributed by atoms with Crippen molar-refractivity contribution in [3.05, 3.63) is 29.3 Å². The van der Waals surface area contributed by atoms with Gasteiger partial charge in [0.05, 0.1) is 6.54 Å². The Morgan fingerprint density at radius 3 is 2.43 bits per heavy atom. The van der Waals surface area contributed by atoms with E-state index in [0.29, 0.717) is 35.6 Å². The smallest absolute Gasteiger partial charge is 0.406 e. The Balaban J connectivity index is 1.69. The lowest BCUT2D eigenvalue weighted by molar-refractivity contribution is -0.157. The maximum absolute atomic E-state index is 12.4. The lowest BCUT2D eigenvalue weighted by Gasteiger charge is -2.36. The van der Waals surface area contributed by atoms with Crippen LogP contribution >= 0.6 is 11.6 Å². The minimum absolute atomic E-state index is 0.242. The highest BCUT2D eigenvalue weighted by Crippen LogP contribution is 2.16. The minimum Gasteiger partial charge on any atom is -0.492 e. The molecule has 0 aromatic heterocycles. The van der Waals surface area contributed by atoms with E-state index in [1.165, 1.54) is 0 Å².